The maximum Gasteiger partial charge on any atom is 0.236 e. The Labute approximate surface area is 129 Å². The van der Waals surface area contributed by atoms with Crippen LogP contribution < -0.4 is 11.1 Å². The fraction of sp³-hybridized carbons (Fsp3) is 0.615. The van der Waals surface area contributed by atoms with Crippen molar-refractivity contribution in [1.29, 1.82) is 0 Å². The van der Waals surface area contributed by atoms with Gasteiger partial charge in [-0.05, 0) is 12.8 Å². The molecule has 0 aliphatic carbocycles. The Morgan fingerprint density at radius 1 is 1.48 bits per heavy atom. The third kappa shape index (κ3) is 4.71. The minimum Gasteiger partial charge on any atom is -0.368 e. The number of aromatic nitrogens is 2. The van der Waals surface area contributed by atoms with Gasteiger partial charge in [-0.1, -0.05) is 11.6 Å². The van der Waals surface area contributed by atoms with Gasteiger partial charge in [0.25, 0.3) is 0 Å². The Kier molecular flexibility index (Phi) is 5.19. The smallest absolute Gasteiger partial charge is 0.236 e. The van der Waals surface area contributed by atoms with E-state index in [1.165, 1.54) is 0 Å². The molecule has 0 radical (unpaired) electrons. The second kappa shape index (κ2) is 6.91. The Morgan fingerprint density at radius 3 is 2.71 bits per heavy atom. The summed E-state index contributed by atoms with van der Waals surface area (Å²) in [5.74, 6) is 0.950. The number of halogens is 1. The molecule has 21 heavy (non-hydrogen) atoms. The van der Waals surface area contributed by atoms with Gasteiger partial charge in [0.15, 0.2) is 0 Å². The summed E-state index contributed by atoms with van der Waals surface area (Å²) in [5, 5.41) is 3.65. The highest BCUT2D eigenvalue weighted by molar-refractivity contribution is 6.29. The first-order valence-corrected chi connectivity index (χ1v) is 7.31. The first kappa shape index (κ1) is 15.8. The highest BCUT2D eigenvalue weighted by Crippen LogP contribution is 2.18. The van der Waals surface area contributed by atoms with E-state index in [1.807, 2.05) is 0 Å². The number of nitrogen functional groups attached to an aromatic ring is 1. The van der Waals surface area contributed by atoms with E-state index < -0.39 is 0 Å². The number of carbonyl (C=O) groups is 1. The summed E-state index contributed by atoms with van der Waals surface area (Å²) in [4.78, 5) is 23.4. The topological polar surface area (TPSA) is 87.4 Å². The molecule has 0 atom stereocenters. The van der Waals surface area contributed by atoms with Crippen molar-refractivity contribution in [2.75, 3.05) is 44.8 Å². The number of hydrogen-bond acceptors (Lipinski definition) is 6. The number of nitrogens with two attached hydrogens (primary N) is 1. The van der Waals surface area contributed by atoms with E-state index in [-0.39, 0.29) is 11.9 Å². The van der Waals surface area contributed by atoms with Crippen molar-refractivity contribution >= 4 is 29.3 Å². The molecule has 1 aliphatic heterocycles. The molecule has 1 aromatic rings. The molecule has 2 heterocycles. The molecule has 0 bridgehead atoms. The van der Waals surface area contributed by atoms with E-state index >= 15 is 0 Å². The van der Waals surface area contributed by atoms with Crippen LogP contribution >= 0.6 is 11.6 Å². The minimum atomic E-state index is 0.136. The van der Waals surface area contributed by atoms with E-state index in [4.69, 9.17) is 17.3 Å². The highest BCUT2D eigenvalue weighted by atomic mass is 35.5. The third-order valence-electron chi connectivity index (χ3n) is 3.51. The molecule has 0 unspecified atom stereocenters. The second-order valence-corrected chi connectivity index (χ2v) is 5.80. The summed E-state index contributed by atoms with van der Waals surface area (Å²) in [7, 11) is 3.56. The standard InChI is InChI=1S/C13H21ClN6O/c1-19(2)12(21)8-20-5-3-9(4-6-20)16-11-7-10(14)17-13(15)18-11/h7,9H,3-6,8H2,1-2H3,(H3,15,16,17,18). The molecule has 1 saturated heterocycles. The number of piperidine rings is 1. The average Bonchev–Trinajstić information content (AvgIpc) is 2.39. The number of rotatable bonds is 4. The number of nitrogens with one attached hydrogen (secondary N) is 1. The van der Waals surface area contributed by atoms with Crippen LogP contribution in [0, 0.1) is 0 Å². The zero-order valence-corrected chi connectivity index (χ0v) is 13.1. The molecule has 8 heteroatoms. The number of carbonyl (C=O) groups excluding carboxylic acids is 1. The van der Waals surface area contributed by atoms with E-state index in [1.54, 1.807) is 25.1 Å². The van der Waals surface area contributed by atoms with Crippen molar-refractivity contribution < 1.29 is 4.79 Å². The van der Waals surface area contributed by atoms with Crippen molar-refractivity contribution in [1.82, 2.24) is 19.8 Å². The van der Waals surface area contributed by atoms with Crippen LogP contribution in [0.2, 0.25) is 5.15 Å². The average molecular weight is 313 g/mol. The van der Waals surface area contributed by atoms with Gasteiger partial charge in [-0.25, -0.2) is 4.98 Å². The number of hydrogen-bond donors (Lipinski definition) is 2. The Bertz CT molecular complexity index is 481. The molecule has 1 amide bonds. The maximum absolute atomic E-state index is 11.7. The molecule has 0 saturated carbocycles. The molecule has 1 aliphatic rings. The number of likely N-dealkylation sites (tertiary alicyclic amines) is 1. The molecule has 1 fully saturated rings. The van der Waals surface area contributed by atoms with Crippen LogP contribution in [0.4, 0.5) is 11.8 Å². The van der Waals surface area contributed by atoms with Crippen molar-refractivity contribution in [2.45, 2.75) is 18.9 Å². The molecule has 116 valence electrons. The van der Waals surface area contributed by atoms with E-state index in [9.17, 15) is 4.79 Å². The van der Waals surface area contributed by atoms with Crippen LogP contribution in [0.25, 0.3) is 0 Å². The fourth-order valence-corrected chi connectivity index (χ4v) is 2.48. The number of anilines is 2. The lowest BCUT2D eigenvalue weighted by Gasteiger charge is -2.32. The second-order valence-electron chi connectivity index (χ2n) is 5.42. The summed E-state index contributed by atoms with van der Waals surface area (Å²) < 4.78 is 0. The van der Waals surface area contributed by atoms with Gasteiger partial charge in [-0.15, -0.1) is 0 Å². The van der Waals surface area contributed by atoms with Gasteiger partial charge in [-0.2, -0.15) is 4.98 Å². The Balaban J connectivity index is 1.82. The predicted octanol–water partition coefficient (Wildman–Crippen LogP) is 0.677. The first-order valence-electron chi connectivity index (χ1n) is 6.93. The van der Waals surface area contributed by atoms with Gasteiger partial charge in [0, 0.05) is 39.3 Å². The van der Waals surface area contributed by atoms with Crippen LogP contribution in [-0.2, 0) is 4.79 Å². The molecule has 1 aromatic heterocycles. The third-order valence-corrected chi connectivity index (χ3v) is 3.70. The normalized spacial score (nSPS) is 16.7. The number of amides is 1. The van der Waals surface area contributed by atoms with Gasteiger partial charge in [0.2, 0.25) is 11.9 Å². The van der Waals surface area contributed by atoms with Crippen LogP contribution in [0.3, 0.4) is 0 Å². The molecular formula is C13H21ClN6O. The quantitative estimate of drug-likeness (QED) is 0.795. The monoisotopic (exact) mass is 312 g/mol. The summed E-state index contributed by atoms with van der Waals surface area (Å²) in [5.41, 5.74) is 5.57. The Morgan fingerprint density at radius 2 is 2.14 bits per heavy atom. The number of nitrogens with zero attached hydrogens (tertiary/aromatic N) is 4. The van der Waals surface area contributed by atoms with Crippen LogP contribution in [-0.4, -0.2) is 65.4 Å². The zero-order chi connectivity index (χ0) is 15.4. The molecule has 3 N–H and O–H groups in total. The van der Waals surface area contributed by atoms with Crippen molar-refractivity contribution in [2.24, 2.45) is 0 Å². The van der Waals surface area contributed by atoms with Crippen molar-refractivity contribution in [3.63, 3.8) is 0 Å². The van der Waals surface area contributed by atoms with Crippen LogP contribution in [0.15, 0.2) is 6.07 Å². The largest absolute Gasteiger partial charge is 0.368 e. The van der Waals surface area contributed by atoms with Crippen LogP contribution in [0.5, 0.6) is 0 Å². The minimum absolute atomic E-state index is 0.136. The summed E-state index contributed by atoms with van der Waals surface area (Å²) in [6, 6.07) is 1.97. The SMILES string of the molecule is CN(C)C(=O)CN1CCC(Nc2cc(Cl)nc(N)n2)CC1. The summed E-state index contributed by atoms with van der Waals surface area (Å²) >= 11 is 5.86. The van der Waals surface area contributed by atoms with Crippen LogP contribution in [0.1, 0.15) is 12.8 Å². The lowest BCUT2D eigenvalue weighted by Crippen LogP contribution is -2.44. The molecule has 0 spiro atoms. The molecule has 2 rings (SSSR count). The van der Waals surface area contributed by atoms with Gasteiger partial charge < -0.3 is 16.0 Å². The lowest BCUT2D eigenvalue weighted by atomic mass is 10.1. The van der Waals surface area contributed by atoms with Gasteiger partial charge in [-0.3, -0.25) is 9.69 Å². The van der Waals surface area contributed by atoms with Crippen molar-refractivity contribution in [3.8, 4) is 0 Å². The highest BCUT2D eigenvalue weighted by Gasteiger charge is 2.21. The van der Waals surface area contributed by atoms with E-state index in [2.05, 4.69) is 20.2 Å². The van der Waals surface area contributed by atoms with E-state index in [0.717, 1.165) is 25.9 Å². The van der Waals surface area contributed by atoms with Crippen molar-refractivity contribution in [3.05, 3.63) is 11.2 Å². The maximum atomic E-state index is 11.7. The predicted molar refractivity (Wildman–Crippen MR) is 83.2 cm³/mol. The molecule has 7 nitrogen and oxygen atoms in total. The summed E-state index contributed by atoms with van der Waals surface area (Å²) in [6.07, 6.45) is 1.89. The zero-order valence-electron chi connectivity index (χ0n) is 12.3. The van der Waals surface area contributed by atoms with Gasteiger partial charge >= 0.3 is 0 Å². The lowest BCUT2D eigenvalue weighted by molar-refractivity contribution is -0.130. The van der Waals surface area contributed by atoms with Gasteiger partial charge in [0.05, 0.1) is 6.54 Å². The molecule has 0 aromatic carbocycles. The van der Waals surface area contributed by atoms with E-state index in [0.29, 0.717) is 23.6 Å². The Hall–Kier alpha value is -1.60. The first-order chi connectivity index (χ1) is 9.94. The number of likely N-dealkylation sites (N-methyl/N-ethyl adjacent to an activating group) is 1. The van der Waals surface area contributed by atoms with Gasteiger partial charge in [0.1, 0.15) is 11.0 Å². The molecular weight excluding hydrogens is 292 g/mol. The fourth-order valence-electron chi connectivity index (χ4n) is 2.29. The summed E-state index contributed by atoms with van der Waals surface area (Å²) in [6.45, 7) is 2.24.